The summed E-state index contributed by atoms with van der Waals surface area (Å²) >= 11 is 8.12. The number of halogens is 2. The van der Waals surface area contributed by atoms with Crippen molar-refractivity contribution in [3.63, 3.8) is 0 Å². The zero-order valence-corrected chi connectivity index (χ0v) is 12.2. The molecule has 90 valence electrons. The van der Waals surface area contributed by atoms with E-state index in [0.29, 0.717) is 5.02 Å². The fourth-order valence-corrected chi connectivity index (χ4v) is 1.99. The van der Waals surface area contributed by atoms with E-state index in [-0.39, 0.29) is 12.5 Å². The summed E-state index contributed by atoms with van der Waals surface area (Å²) in [7, 11) is 0. The molecule has 0 N–H and O–H groups in total. The minimum atomic E-state index is -0.143. The first-order valence-corrected chi connectivity index (χ1v) is 6.37. The number of carbonyl (C=O) groups excluding carboxylic acids is 1. The van der Waals surface area contributed by atoms with E-state index in [1.807, 2.05) is 13.8 Å². The third-order valence-electron chi connectivity index (χ3n) is 2.38. The maximum atomic E-state index is 11.9. The second-order valence-electron chi connectivity index (χ2n) is 3.64. The Morgan fingerprint density at radius 3 is 2.71 bits per heavy atom. The van der Waals surface area contributed by atoms with Crippen LogP contribution in [0, 0.1) is 17.4 Å². The molecular formula is C10H10ClIN4O. The lowest BCUT2D eigenvalue weighted by Gasteiger charge is -2.03. The Kier molecular flexibility index (Phi) is 3.53. The molecule has 0 fully saturated rings. The van der Waals surface area contributed by atoms with E-state index in [4.69, 9.17) is 11.6 Å². The van der Waals surface area contributed by atoms with Crippen LogP contribution in [-0.4, -0.2) is 25.5 Å². The van der Waals surface area contributed by atoms with E-state index < -0.39 is 0 Å². The first-order valence-electron chi connectivity index (χ1n) is 4.92. The maximum Gasteiger partial charge on any atom is 0.268 e. The standard InChI is InChI=1S/C10H10ClIN4O/c1-6-10(11)7(2)15(14-6)5-9(17)16-4-8(12)3-13-16/h3-4H,5H2,1-2H3. The Labute approximate surface area is 117 Å². The summed E-state index contributed by atoms with van der Waals surface area (Å²) in [5.74, 6) is -0.143. The normalized spacial score (nSPS) is 10.8. The van der Waals surface area contributed by atoms with Gasteiger partial charge in [-0.1, -0.05) is 11.6 Å². The number of nitrogens with zero attached hydrogens (tertiary/aromatic N) is 4. The van der Waals surface area contributed by atoms with Gasteiger partial charge in [-0.3, -0.25) is 9.48 Å². The molecule has 2 aromatic heterocycles. The molecule has 2 heterocycles. The van der Waals surface area contributed by atoms with Gasteiger partial charge in [0, 0.05) is 6.20 Å². The monoisotopic (exact) mass is 364 g/mol. The molecule has 0 spiro atoms. The van der Waals surface area contributed by atoms with Crippen molar-refractivity contribution in [1.82, 2.24) is 19.6 Å². The molecule has 0 aliphatic heterocycles. The lowest BCUT2D eigenvalue weighted by atomic mass is 10.4. The number of hydrogen-bond donors (Lipinski definition) is 0. The molecule has 2 rings (SSSR count). The lowest BCUT2D eigenvalue weighted by Crippen LogP contribution is -2.19. The molecule has 17 heavy (non-hydrogen) atoms. The molecule has 0 saturated carbocycles. The Morgan fingerprint density at radius 1 is 1.53 bits per heavy atom. The molecular weight excluding hydrogens is 354 g/mol. The van der Waals surface area contributed by atoms with Gasteiger partial charge in [0.25, 0.3) is 5.91 Å². The predicted octanol–water partition coefficient (Wildman–Crippen LogP) is 2.29. The van der Waals surface area contributed by atoms with Crippen molar-refractivity contribution in [3.8, 4) is 0 Å². The summed E-state index contributed by atoms with van der Waals surface area (Å²) in [6.07, 6.45) is 3.31. The second-order valence-corrected chi connectivity index (χ2v) is 5.26. The van der Waals surface area contributed by atoms with Gasteiger partial charge in [-0.25, -0.2) is 4.68 Å². The summed E-state index contributed by atoms with van der Waals surface area (Å²) in [5, 5.41) is 8.76. The largest absolute Gasteiger partial charge is 0.270 e. The quantitative estimate of drug-likeness (QED) is 0.768. The van der Waals surface area contributed by atoms with Gasteiger partial charge in [0.1, 0.15) is 6.54 Å². The number of aromatic nitrogens is 4. The second kappa shape index (κ2) is 4.77. The summed E-state index contributed by atoms with van der Waals surface area (Å²) in [4.78, 5) is 11.9. The lowest BCUT2D eigenvalue weighted by molar-refractivity contribution is 0.0869. The molecule has 0 atom stereocenters. The highest BCUT2D eigenvalue weighted by Crippen LogP contribution is 2.18. The van der Waals surface area contributed by atoms with Crippen LogP contribution >= 0.6 is 34.2 Å². The van der Waals surface area contributed by atoms with Crippen molar-refractivity contribution in [1.29, 1.82) is 0 Å². The molecule has 0 amide bonds. The summed E-state index contributed by atoms with van der Waals surface area (Å²) in [5.41, 5.74) is 1.52. The van der Waals surface area contributed by atoms with Crippen LogP contribution < -0.4 is 0 Å². The van der Waals surface area contributed by atoms with Gasteiger partial charge in [0.2, 0.25) is 0 Å². The van der Waals surface area contributed by atoms with E-state index in [9.17, 15) is 4.79 Å². The smallest absolute Gasteiger partial charge is 0.268 e. The predicted molar refractivity (Wildman–Crippen MR) is 72.3 cm³/mol. The van der Waals surface area contributed by atoms with E-state index in [0.717, 1.165) is 15.0 Å². The summed E-state index contributed by atoms with van der Waals surface area (Å²) in [6, 6.07) is 0. The number of hydrogen-bond acceptors (Lipinski definition) is 3. The fraction of sp³-hybridized carbons (Fsp3) is 0.300. The van der Waals surface area contributed by atoms with Crippen molar-refractivity contribution in [3.05, 3.63) is 32.4 Å². The van der Waals surface area contributed by atoms with Crippen LogP contribution in [0.5, 0.6) is 0 Å². The number of rotatable bonds is 2. The van der Waals surface area contributed by atoms with E-state index in [1.165, 1.54) is 4.68 Å². The van der Waals surface area contributed by atoms with Gasteiger partial charge in [-0.15, -0.1) is 0 Å². The van der Waals surface area contributed by atoms with Gasteiger partial charge in [0.05, 0.1) is 26.2 Å². The van der Waals surface area contributed by atoms with Gasteiger partial charge in [-0.05, 0) is 36.4 Å². The Morgan fingerprint density at radius 2 is 2.24 bits per heavy atom. The average Bonchev–Trinajstić information content (AvgIpc) is 2.80. The summed E-state index contributed by atoms with van der Waals surface area (Å²) < 4.78 is 3.82. The van der Waals surface area contributed by atoms with Crippen molar-refractivity contribution < 1.29 is 4.79 Å². The molecule has 0 bridgehead atoms. The van der Waals surface area contributed by atoms with Crippen LogP contribution in [0.3, 0.4) is 0 Å². The first kappa shape index (κ1) is 12.6. The van der Waals surface area contributed by atoms with Crippen LogP contribution in [0.15, 0.2) is 12.4 Å². The van der Waals surface area contributed by atoms with Crippen LogP contribution in [0.4, 0.5) is 0 Å². The zero-order chi connectivity index (χ0) is 12.6. The molecule has 7 heteroatoms. The van der Waals surface area contributed by atoms with Crippen LogP contribution in [0.2, 0.25) is 5.02 Å². The highest BCUT2D eigenvalue weighted by Gasteiger charge is 2.13. The topological polar surface area (TPSA) is 52.7 Å². The molecule has 0 aliphatic carbocycles. The van der Waals surface area contributed by atoms with E-state index in [2.05, 4.69) is 32.8 Å². The Hall–Kier alpha value is -0.890. The van der Waals surface area contributed by atoms with Crippen molar-refractivity contribution in [2.24, 2.45) is 0 Å². The minimum Gasteiger partial charge on any atom is -0.270 e. The average molecular weight is 365 g/mol. The molecule has 0 saturated heterocycles. The molecule has 0 aliphatic rings. The zero-order valence-electron chi connectivity index (χ0n) is 9.31. The molecule has 0 radical (unpaired) electrons. The number of carbonyl (C=O) groups is 1. The molecule has 0 aromatic carbocycles. The highest BCUT2D eigenvalue weighted by molar-refractivity contribution is 14.1. The van der Waals surface area contributed by atoms with E-state index >= 15 is 0 Å². The van der Waals surface area contributed by atoms with Crippen LogP contribution in [0.25, 0.3) is 0 Å². The van der Waals surface area contributed by atoms with Gasteiger partial charge >= 0.3 is 0 Å². The van der Waals surface area contributed by atoms with Crippen LogP contribution in [0.1, 0.15) is 16.2 Å². The Balaban J connectivity index is 2.21. The van der Waals surface area contributed by atoms with Crippen molar-refractivity contribution in [2.45, 2.75) is 20.4 Å². The molecule has 2 aromatic rings. The maximum absolute atomic E-state index is 11.9. The van der Waals surface area contributed by atoms with Crippen molar-refractivity contribution >= 4 is 40.1 Å². The minimum absolute atomic E-state index is 0.136. The molecule has 5 nitrogen and oxygen atoms in total. The molecule has 0 unspecified atom stereocenters. The summed E-state index contributed by atoms with van der Waals surface area (Å²) in [6.45, 7) is 3.78. The fourth-order valence-electron chi connectivity index (χ4n) is 1.47. The van der Waals surface area contributed by atoms with Gasteiger partial charge < -0.3 is 0 Å². The SMILES string of the molecule is Cc1nn(CC(=O)n2cc(I)cn2)c(C)c1Cl. The first-order chi connectivity index (χ1) is 7.99. The third-order valence-corrected chi connectivity index (χ3v) is 3.49. The van der Waals surface area contributed by atoms with Crippen LogP contribution in [-0.2, 0) is 6.54 Å². The highest BCUT2D eigenvalue weighted by atomic mass is 127. The van der Waals surface area contributed by atoms with E-state index in [1.54, 1.807) is 17.1 Å². The third kappa shape index (κ3) is 2.52. The number of aryl methyl sites for hydroxylation is 1. The van der Waals surface area contributed by atoms with Gasteiger partial charge in [0.15, 0.2) is 0 Å². The van der Waals surface area contributed by atoms with Crippen molar-refractivity contribution in [2.75, 3.05) is 0 Å². The Bertz CT molecular complexity index is 575. The van der Waals surface area contributed by atoms with Gasteiger partial charge in [-0.2, -0.15) is 10.2 Å².